The molecule has 0 bridgehead atoms. The van der Waals surface area contributed by atoms with Crippen LogP contribution >= 0.6 is 0 Å². The Hall–Kier alpha value is -2.20. The molecule has 2 aromatic rings. The first kappa shape index (κ1) is 11.3. The summed E-state index contributed by atoms with van der Waals surface area (Å²) >= 11 is 0. The number of hydrogen-bond acceptors (Lipinski definition) is 4. The van der Waals surface area contributed by atoms with Crippen molar-refractivity contribution < 1.29 is 14.6 Å². The van der Waals surface area contributed by atoms with E-state index in [2.05, 4.69) is 4.98 Å². The number of pyridine rings is 1. The molecular weight excluding hydrogens is 218 g/mol. The predicted octanol–water partition coefficient (Wildman–Crippen LogP) is 2.18. The highest BCUT2D eigenvalue weighted by molar-refractivity contribution is 5.74. The molecule has 0 spiro atoms. The molecule has 0 unspecified atom stereocenters. The minimum atomic E-state index is -0.0379. The van der Waals surface area contributed by atoms with Crippen molar-refractivity contribution in [2.75, 3.05) is 0 Å². The summed E-state index contributed by atoms with van der Waals surface area (Å²) < 4.78 is 5.53. The summed E-state index contributed by atoms with van der Waals surface area (Å²) in [5.41, 5.74) is 1.22. The van der Waals surface area contributed by atoms with Gasteiger partial charge in [-0.15, -0.1) is 0 Å². The molecule has 1 aromatic heterocycles. The molecule has 0 radical (unpaired) electrons. The lowest BCUT2D eigenvalue weighted by molar-refractivity contribution is 0.112. The lowest BCUT2D eigenvalue weighted by atomic mass is 10.2. The molecule has 0 amide bonds. The van der Waals surface area contributed by atoms with Crippen molar-refractivity contribution in [3.05, 3.63) is 53.9 Å². The Kier molecular flexibility index (Phi) is 3.47. The highest BCUT2D eigenvalue weighted by atomic mass is 16.5. The molecule has 1 heterocycles. The number of nitrogens with zero attached hydrogens (tertiary/aromatic N) is 1. The number of carbonyl (C=O) groups excluding carboxylic acids is 1. The fourth-order valence-electron chi connectivity index (χ4n) is 1.40. The minimum Gasteiger partial charge on any atom is -0.456 e. The molecule has 1 N–H and O–H groups in total. The maximum Gasteiger partial charge on any atom is 0.151 e. The molecule has 0 aliphatic rings. The van der Waals surface area contributed by atoms with Gasteiger partial charge >= 0.3 is 0 Å². The van der Waals surface area contributed by atoms with Gasteiger partial charge in [-0.25, -0.2) is 0 Å². The quantitative estimate of drug-likeness (QED) is 0.816. The van der Waals surface area contributed by atoms with Crippen molar-refractivity contribution in [3.8, 4) is 11.5 Å². The molecule has 0 aliphatic heterocycles. The van der Waals surface area contributed by atoms with Crippen LogP contribution in [0.15, 0.2) is 42.7 Å². The van der Waals surface area contributed by atoms with Crippen LogP contribution in [0.25, 0.3) is 0 Å². The highest BCUT2D eigenvalue weighted by Crippen LogP contribution is 2.21. The minimum absolute atomic E-state index is 0.0379. The fraction of sp³-hybridized carbons (Fsp3) is 0.0769. The van der Waals surface area contributed by atoms with Crippen molar-refractivity contribution >= 4 is 6.29 Å². The summed E-state index contributed by atoms with van der Waals surface area (Å²) in [6, 6.07) is 8.69. The Bertz CT molecular complexity index is 526. The third kappa shape index (κ3) is 2.89. The fourth-order valence-corrected chi connectivity index (χ4v) is 1.40. The number of ether oxygens (including phenoxy) is 1. The second kappa shape index (κ2) is 5.23. The summed E-state index contributed by atoms with van der Waals surface area (Å²) in [6.45, 7) is -0.0379. The third-order valence-corrected chi connectivity index (χ3v) is 2.19. The molecule has 17 heavy (non-hydrogen) atoms. The number of aromatic nitrogens is 1. The van der Waals surface area contributed by atoms with Gasteiger partial charge in [0.15, 0.2) is 6.29 Å². The second-order valence-electron chi connectivity index (χ2n) is 3.48. The Morgan fingerprint density at radius 1 is 1.24 bits per heavy atom. The molecule has 0 atom stereocenters. The zero-order valence-corrected chi connectivity index (χ0v) is 9.04. The topological polar surface area (TPSA) is 59.4 Å². The number of hydrogen-bond donors (Lipinski definition) is 1. The second-order valence-corrected chi connectivity index (χ2v) is 3.48. The van der Waals surface area contributed by atoms with Gasteiger partial charge in [-0.05, 0) is 23.8 Å². The summed E-state index contributed by atoms with van der Waals surface area (Å²) in [6.07, 6.45) is 3.70. The summed E-state index contributed by atoms with van der Waals surface area (Å²) in [5, 5.41) is 9.00. The maximum absolute atomic E-state index is 10.6. The van der Waals surface area contributed by atoms with E-state index in [0.29, 0.717) is 23.3 Å². The van der Waals surface area contributed by atoms with E-state index in [0.717, 1.165) is 5.56 Å². The largest absolute Gasteiger partial charge is 0.456 e. The molecule has 4 nitrogen and oxygen atoms in total. The Morgan fingerprint density at radius 2 is 2.12 bits per heavy atom. The first-order chi connectivity index (χ1) is 8.31. The Balaban J connectivity index is 2.21. The number of carbonyl (C=O) groups is 1. The third-order valence-electron chi connectivity index (χ3n) is 2.19. The highest BCUT2D eigenvalue weighted by Gasteiger charge is 2.00. The van der Waals surface area contributed by atoms with Crippen molar-refractivity contribution in [2.24, 2.45) is 0 Å². The normalized spacial score (nSPS) is 9.94. The van der Waals surface area contributed by atoms with Gasteiger partial charge in [0.25, 0.3) is 0 Å². The number of aliphatic hydroxyl groups is 1. The van der Waals surface area contributed by atoms with E-state index >= 15 is 0 Å². The molecular formula is C13H11NO3. The zero-order chi connectivity index (χ0) is 12.1. The number of aliphatic hydroxyl groups excluding tert-OH is 1. The van der Waals surface area contributed by atoms with Crippen LogP contribution in [0.2, 0.25) is 0 Å². The lowest BCUT2D eigenvalue weighted by Gasteiger charge is -2.06. The molecule has 86 valence electrons. The smallest absolute Gasteiger partial charge is 0.151 e. The van der Waals surface area contributed by atoms with Gasteiger partial charge < -0.3 is 9.84 Å². The Morgan fingerprint density at radius 3 is 2.88 bits per heavy atom. The van der Waals surface area contributed by atoms with Gasteiger partial charge in [0.05, 0.1) is 12.8 Å². The number of aldehydes is 1. The molecule has 0 fully saturated rings. The van der Waals surface area contributed by atoms with Crippen molar-refractivity contribution in [1.82, 2.24) is 4.98 Å². The van der Waals surface area contributed by atoms with Gasteiger partial charge in [-0.3, -0.25) is 9.78 Å². The lowest BCUT2D eigenvalue weighted by Crippen LogP contribution is -1.89. The summed E-state index contributed by atoms with van der Waals surface area (Å²) in [5.74, 6) is 1.09. The number of benzene rings is 1. The molecule has 2 rings (SSSR count). The van der Waals surface area contributed by atoms with Crippen LogP contribution in [0.3, 0.4) is 0 Å². The maximum atomic E-state index is 10.6. The van der Waals surface area contributed by atoms with E-state index in [1.807, 2.05) is 0 Å². The van der Waals surface area contributed by atoms with Crippen molar-refractivity contribution in [2.45, 2.75) is 6.61 Å². The van der Waals surface area contributed by atoms with E-state index < -0.39 is 0 Å². The van der Waals surface area contributed by atoms with Crippen molar-refractivity contribution in [3.63, 3.8) is 0 Å². The van der Waals surface area contributed by atoms with Gasteiger partial charge in [0.1, 0.15) is 11.5 Å². The monoisotopic (exact) mass is 229 g/mol. The van der Waals surface area contributed by atoms with Crippen LogP contribution < -0.4 is 4.74 Å². The molecule has 4 heteroatoms. The van der Waals surface area contributed by atoms with Crippen LogP contribution in [0, 0.1) is 0 Å². The molecule has 0 saturated carbocycles. The van der Waals surface area contributed by atoms with E-state index in [1.54, 1.807) is 30.3 Å². The van der Waals surface area contributed by atoms with E-state index in [-0.39, 0.29) is 6.61 Å². The van der Waals surface area contributed by atoms with Crippen molar-refractivity contribution in [1.29, 1.82) is 0 Å². The summed E-state index contributed by atoms with van der Waals surface area (Å²) in [7, 11) is 0. The molecule has 0 saturated heterocycles. The predicted molar refractivity (Wildman–Crippen MR) is 62.1 cm³/mol. The standard InChI is InChI=1S/C13H11NO3/c15-8-10-2-1-3-12(4-10)17-13-5-11(9-16)6-14-7-13/h1-7,9,15H,8H2. The SMILES string of the molecule is O=Cc1cncc(Oc2cccc(CO)c2)c1. The van der Waals surface area contributed by atoms with Gasteiger partial charge in [0.2, 0.25) is 0 Å². The number of rotatable bonds is 4. The van der Waals surface area contributed by atoms with Crippen LogP contribution in [-0.4, -0.2) is 16.4 Å². The average molecular weight is 229 g/mol. The van der Waals surface area contributed by atoms with Crippen LogP contribution in [0.4, 0.5) is 0 Å². The zero-order valence-electron chi connectivity index (χ0n) is 9.04. The van der Waals surface area contributed by atoms with Gasteiger partial charge in [-0.2, -0.15) is 0 Å². The van der Waals surface area contributed by atoms with Gasteiger partial charge in [0, 0.05) is 11.8 Å². The van der Waals surface area contributed by atoms with Crippen LogP contribution in [0.5, 0.6) is 11.5 Å². The first-order valence-electron chi connectivity index (χ1n) is 5.09. The van der Waals surface area contributed by atoms with Gasteiger partial charge in [-0.1, -0.05) is 12.1 Å². The molecule has 1 aromatic carbocycles. The van der Waals surface area contributed by atoms with Crippen LogP contribution in [0.1, 0.15) is 15.9 Å². The summed E-state index contributed by atoms with van der Waals surface area (Å²) in [4.78, 5) is 14.5. The Labute approximate surface area is 98.5 Å². The first-order valence-corrected chi connectivity index (χ1v) is 5.09. The van der Waals surface area contributed by atoms with E-state index in [1.165, 1.54) is 12.4 Å². The van der Waals surface area contributed by atoms with E-state index in [9.17, 15) is 4.79 Å². The average Bonchev–Trinajstić information content (AvgIpc) is 2.39. The van der Waals surface area contributed by atoms with Crippen LogP contribution in [-0.2, 0) is 6.61 Å². The van der Waals surface area contributed by atoms with E-state index in [4.69, 9.17) is 9.84 Å². The molecule has 0 aliphatic carbocycles.